The van der Waals surface area contributed by atoms with Crippen LogP contribution < -0.4 is 0 Å². The minimum absolute atomic E-state index is 0.0174. The van der Waals surface area contributed by atoms with Gasteiger partial charge in [0.05, 0.1) is 0 Å². The molecule has 2 heteroatoms. The Hall–Kier alpha value is -1.15. The Morgan fingerprint density at radius 1 is 1.46 bits per heavy atom. The van der Waals surface area contributed by atoms with Crippen molar-refractivity contribution < 1.29 is 9.53 Å². The lowest BCUT2D eigenvalue weighted by molar-refractivity contribution is -0.112. The average molecular weight is 176 g/mol. The minimum atomic E-state index is -0.526. The SMILES string of the molecule is CC[C@]1(C=O)O[C@@H]1c1ccccc1. The van der Waals surface area contributed by atoms with Crippen LogP contribution in [0.4, 0.5) is 0 Å². The molecule has 0 aliphatic carbocycles. The van der Waals surface area contributed by atoms with Crippen LogP contribution in [0.3, 0.4) is 0 Å². The molecular formula is C11H12O2. The maximum absolute atomic E-state index is 10.8. The number of hydrogen-bond acceptors (Lipinski definition) is 2. The molecule has 2 atom stereocenters. The van der Waals surface area contributed by atoms with Crippen molar-refractivity contribution in [2.75, 3.05) is 0 Å². The van der Waals surface area contributed by atoms with Crippen LogP contribution in [0.5, 0.6) is 0 Å². The zero-order chi connectivity index (χ0) is 9.31. The Labute approximate surface area is 77.5 Å². The Kier molecular flexibility index (Phi) is 1.93. The lowest BCUT2D eigenvalue weighted by Crippen LogP contribution is -2.11. The first kappa shape index (κ1) is 8.45. The van der Waals surface area contributed by atoms with Gasteiger partial charge in [-0.25, -0.2) is 0 Å². The van der Waals surface area contributed by atoms with Crippen LogP contribution in [-0.2, 0) is 9.53 Å². The standard InChI is InChI=1S/C11H12O2/c1-2-11(8-12)10(13-11)9-6-4-3-5-7-9/h3-8,10H,2H2,1H3/t10-,11-/m1/s1. The van der Waals surface area contributed by atoms with Gasteiger partial charge in [-0.05, 0) is 12.0 Å². The summed E-state index contributed by atoms with van der Waals surface area (Å²) >= 11 is 0. The molecule has 13 heavy (non-hydrogen) atoms. The van der Waals surface area contributed by atoms with Crippen molar-refractivity contribution in [2.45, 2.75) is 25.0 Å². The van der Waals surface area contributed by atoms with Crippen LogP contribution in [-0.4, -0.2) is 11.9 Å². The molecule has 1 aromatic rings. The lowest BCUT2D eigenvalue weighted by atomic mass is 9.98. The number of aldehydes is 1. The third kappa shape index (κ3) is 1.27. The summed E-state index contributed by atoms with van der Waals surface area (Å²) in [7, 11) is 0. The molecule has 2 rings (SSSR count). The second kappa shape index (κ2) is 2.96. The summed E-state index contributed by atoms with van der Waals surface area (Å²) in [6.07, 6.45) is 1.65. The van der Waals surface area contributed by atoms with Crippen molar-refractivity contribution in [3.63, 3.8) is 0 Å². The topological polar surface area (TPSA) is 29.6 Å². The molecule has 0 radical (unpaired) electrons. The minimum Gasteiger partial charge on any atom is -0.353 e. The molecule has 0 spiro atoms. The van der Waals surface area contributed by atoms with Gasteiger partial charge < -0.3 is 9.53 Å². The van der Waals surface area contributed by atoms with Crippen LogP contribution in [0.1, 0.15) is 25.0 Å². The first-order chi connectivity index (χ1) is 6.32. The fourth-order valence-corrected chi connectivity index (χ4v) is 1.61. The number of epoxide rings is 1. The quantitative estimate of drug-likeness (QED) is 0.521. The van der Waals surface area contributed by atoms with Crippen LogP contribution in [0.25, 0.3) is 0 Å². The predicted molar refractivity (Wildman–Crippen MR) is 49.4 cm³/mol. The molecule has 1 heterocycles. The summed E-state index contributed by atoms with van der Waals surface area (Å²) < 4.78 is 5.42. The van der Waals surface area contributed by atoms with Gasteiger partial charge in [0.1, 0.15) is 6.10 Å². The normalized spacial score (nSPS) is 31.3. The monoisotopic (exact) mass is 176 g/mol. The number of hydrogen-bond donors (Lipinski definition) is 0. The van der Waals surface area contributed by atoms with E-state index in [0.717, 1.165) is 18.3 Å². The van der Waals surface area contributed by atoms with Gasteiger partial charge in [0.25, 0.3) is 0 Å². The van der Waals surface area contributed by atoms with E-state index in [1.54, 1.807) is 0 Å². The van der Waals surface area contributed by atoms with E-state index in [4.69, 9.17) is 4.74 Å². The molecule has 0 N–H and O–H groups in total. The summed E-state index contributed by atoms with van der Waals surface area (Å²) in [5.74, 6) is 0. The Morgan fingerprint density at radius 3 is 2.62 bits per heavy atom. The van der Waals surface area contributed by atoms with Gasteiger partial charge in [0, 0.05) is 0 Å². The Balaban J connectivity index is 2.20. The van der Waals surface area contributed by atoms with Gasteiger partial charge >= 0.3 is 0 Å². The summed E-state index contributed by atoms with van der Waals surface area (Å²) in [5.41, 5.74) is 0.568. The maximum atomic E-state index is 10.8. The number of carbonyl (C=O) groups excluding carboxylic acids is 1. The van der Waals surface area contributed by atoms with Gasteiger partial charge in [0.15, 0.2) is 11.9 Å². The van der Waals surface area contributed by atoms with E-state index in [1.165, 1.54) is 0 Å². The van der Waals surface area contributed by atoms with Gasteiger partial charge in [-0.2, -0.15) is 0 Å². The third-order valence-electron chi connectivity index (χ3n) is 2.58. The van der Waals surface area contributed by atoms with E-state index in [1.807, 2.05) is 37.3 Å². The summed E-state index contributed by atoms with van der Waals surface area (Å²) in [4.78, 5) is 10.8. The number of benzene rings is 1. The highest BCUT2D eigenvalue weighted by molar-refractivity contribution is 5.68. The molecule has 1 aliphatic rings. The number of ether oxygens (including phenoxy) is 1. The van der Waals surface area contributed by atoms with Gasteiger partial charge in [0.2, 0.25) is 0 Å². The van der Waals surface area contributed by atoms with Gasteiger partial charge in [-0.3, -0.25) is 0 Å². The second-order valence-corrected chi connectivity index (χ2v) is 3.33. The highest BCUT2D eigenvalue weighted by Gasteiger charge is 2.55. The number of rotatable bonds is 3. The maximum Gasteiger partial charge on any atom is 0.154 e. The molecule has 1 aliphatic heterocycles. The van der Waals surface area contributed by atoms with Crippen LogP contribution in [0.2, 0.25) is 0 Å². The van der Waals surface area contributed by atoms with Crippen molar-refractivity contribution in [3.8, 4) is 0 Å². The molecule has 0 aromatic heterocycles. The van der Waals surface area contributed by atoms with Crippen LogP contribution in [0, 0.1) is 0 Å². The fourth-order valence-electron chi connectivity index (χ4n) is 1.61. The predicted octanol–water partition coefficient (Wildman–Crippen LogP) is 2.11. The summed E-state index contributed by atoms with van der Waals surface area (Å²) in [5, 5.41) is 0. The molecule has 0 saturated carbocycles. The molecule has 1 fully saturated rings. The van der Waals surface area contributed by atoms with Crippen molar-refractivity contribution in [1.29, 1.82) is 0 Å². The largest absolute Gasteiger partial charge is 0.353 e. The molecule has 0 unspecified atom stereocenters. The van der Waals surface area contributed by atoms with Crippen LogP contribution in [0.15, 0.2) is 30.3 Å². The molecule has 0 amide bonds. The van der Waals surface area contributed by atoms with Crippen molar-refractivity contribution in [3.05, 3.63) is 35.9 Å². The zero-order valence-electron chi connectivity index (χ0n) is 7.57. The Morgan fingerprint density at radius 2 is 2.15 bits per heavy atom. The average Bonchev–Trinajstić information content (AvgIpc) is 2.95. The molecular weight excluding hydrogens is 164 g/mol. The van der Waals surface area contributed by atoms with Gasteiger partial charge in [-0.15, -0.1) is 0 Å². The summed E-state index contributed by atoms with van der Waals surface area (Å²) in [6, 6.07) is 9.86. The Bertz CT molecular complexity index is 307. The molecule has 68 valence electrons. The van der Waals surface area contributed by atoms with E-state index in [9.17, 15) is 4.79 Å². The number of carbonyl (C=O) groups is 1. The lowest BCUT2D eigenvalue weighted by Gasteiger charge is -1.99. The highest BCUT2D eigenvalue weighted by Crippen LogP contribution is 2.50. The third-order valence-corrected chi connectivity index (χ3v) is 2.58. The molecule has 2 nitrogen and oxygen atoms in total. The van der Waals surface area contributed by atoms with Crippen molar-refractivity contribution in [2.24, 2.45) is 0 Å². The molecule has 1 saturated heterocycles. The van der Waals surface area contributed by atoms with E-state index in [-0.39, 0.29) is 6.10 Å². The first-order valence-corrected chi connectivity index (χ1v) is 4.51. The van der Waals surface area contributed by atoms with E-state index >= 15 is 0 Å². The van der Waals surface area contributed by atoms with Crippen LogP contribution >= 0.6 is 0 Å². The molecule has 1 aromatic carbocycles. The smallest absolute Gasteiger partial charge is 0.154 e. The van der Waals surface area contributed by atoms with E-state index in [0.29, 0.717) is 0 Å². The zero-order valence-corrected chi connectivity index (χ0v) is 7.57. The fraction of sp³-hybridized carbons (Fsp3) is 0.364. The second-order valence-electron chi connectivity index (χ2n) is 3.33. The first-order valence-electron chi connectivity index (χ1n) is 4.51. The van der Waals surface area contributed by atoms with Crippen molar-refractivity contribution in [1.82, 2.24) is 0 Å². The van der Waals surface area contributed by atoms with E-state index < -0.39 is 5.60 Å². The van der Waals surface area contributed by atoms with Crippen molar-refractivity contribution >= 4 is 6.29 Å². The summed E-state index contributed by atoms with van der Waals surface area (Å²) in [6.45, 7) is 1.97. The molecule has 0 bridgehead atoms. The van der Waals surface area contributed by atoms with Gasteiger partial charge in [-0.1, -0.05) is 37.3 Å². The highest BCUT2D eigenvalue weighted by atomic mass is 16.6. The van der Waals surface area contributed by atoms with E-state index in [2.05, 4.69) is 0 Å².